The number of methoxy groups -OCH3 is 1. The summed E-state index contributed by atoms with van der Waals surface area (Å²) in [5.41, 5.74) is 3.68. The number of likely N-dealkylation sites (tertiary alicyclic amines) is 1. The number of amides is 1. The summed E-state index contributed by atoms with van der Waals surface area (Å²) < 4.78 is 5.57. The van der Waals surface area contributed by atoms with Gasteiger partial charge in [0.15, 0.2) is 0 Å². The Morgan fingerprint density at radius 2 is 1.93 bits per heavy atom. The van der Waals surface area contributed by atoms with Crippen molar-refractivity contribution in [2.24, 2.45) is 0 Å². The summed E-state index contributed by atoms with van der Waals surface area (Å²) in [6.07, 6.45) is 0.841. The molecule has 1 saturated heterocycles. The van der Waals surface area contributed by atoms with Crippen LogP contribution in [0.1, 0.15) is 48.4 Å². The molecule has 2 N–H and O–H groups in total. The maximum Gasteiger partial charge on any atom is 0.407 e. The van der Waals surface area contributed by atoms with Crippen LogP contribution in [0.3, 0.4) is 0 Å². The van der Waals surface area contributed by atoms with Crippen molar-refractivity contribution in [1.82, 2.24) is 10.2 Å². The molecule has 1 heterocycles. The minimum Gasteiger partial charge on any atom is -0.496 e. The van der Waals surface area contributed by atoms with Gasteiger partial charge in [-0.3, -0.25) is 0 Å². The SMILES string of the molecule is COc1ccc(CN[C@H](C)c2ccccc2)cc1C1CCN(C(=O)O)CC1. The Hall–Kier alpha value is -2.53. The summed E-state index contributed by atoms with van der Waals surface area (Å²) in [6, 6.07) is 17.0. The van der Waals surface area contributed by atoms with Gasteiger partial charge in [-0.2, -0.15) is 0 Å². The second kappa shape index (κ2) is 8.91. The number of rotatable bonds is 6. The van der Waals surface area contributed by atoms with Crippen LogP contribution in [0.4, 0.5) is 4.79 Å². The molecule has 0 spiro atoms. The van der Waals surface area contributed by atoms with Crippen LogP contribution in [0, 0.1) is 0 Å². The molecule has 5 heteroatoms. The molecule has 3 rings (SSSR count). The second-order valence-corrected chi connectivity index (χ2v) is 7.13. The molecular formula is C22H28N2O3. The van der Waals surface area contributed by atoms with E-state index < -0.39 is 6.09 Å². The van der Waals surface area contributed by atoms with Crippen LogP contribution < -0.4 is 10.1 Å². The molecule has 1 aliphatic heterocycles. The molecular weight excluding hydrogens is 340 g/mol. The van der Waals surface area contributed by atoms with Gasteiger partial charge < -0.3 is 20.1 Å². The first-order valence-corrected chi connectivity index (χ1v) is 9.51. The lowest BCUT2D eigenvalue weighted by atomic mass is 9.88. The van der Waals surface area contributed by atoms with Crippen LogP contribution in [-0.2, 0) is 6.54 Å². The number of carbonyl (C=O) groups is 1. The standard InChI is InChI=1S/C22H28N2O3/c1-16(18-6-4-3-5-7-18)23-15-17-8-9-21(27-2)20(14-17)19-10-12-24(13-11-19)22(25)26/h3-9,14,16,19,23H,10-13,15H2,1-2H3,(H,25,26)/t16-/m1/s1. The van der Waals surface area contributed by atoms with E-state index >= 15 is 0 Å². The normalized spacial score (nSPS) is 16.1. The lowest BCUT2D eigenvalue weighted by Gasteiger charge is -2.31. The fourth-order valence-electron chi connectivity index (χ4n) is 3.73. The predicted molar refractivity (Wildman–Crippen MR) is 106 cm³/mol. The third-order valence-corrected chi connectivity index (χ3v) is 5.41. The molecule has 0 aromatic heterocycles. The van der Waals surface area contributed by atoms with E-state index in [1.54, 1.807) is 7.11 Å². The first-order chi connectivity index (χ1) is 13.1. The Kier molecular flexibility index (Phi) is 6.35. The van der Waals surface area contributed by atoms with E-state index in [0.29, 0.717) is 19.0 Å². The minimum atomic E-state index is -0.826. The average Bonchev–Trinajstić information content (AvgIpc) is 2.72. The van der Waals surface area contributed by atoms with Crippen molar-refractivity contribution < 1.29 is 14.6 Å². The minimum absolute atomic E-state index is 0.274. The highest BCUT2D eigenvalue weighted by Gasteiger charge is 2.25. The first kappa shape index (κ1) is 19.2. The molecule has 0 radical (unpaired) electrons. The Morgan fingerprint density at radius 1 is 1.22 bits per heavy atom. The number of hydrogen-bond donors (Lipinski definition) is 2. The van der Waals surface area contributed by atoms with Gasteiger partial charge in [-0.15, -0.1) is 0 Å². The fraction of sp³-hybridized carbons (Fsp3) is 0.409. The summed E-state index contributed by atoms with van der Waals surface area (Å²) in [4.78, 5) is 12.6. The highest BCUT2D eigenvalue weighted by Crippen LogP contribution is 2.35. The molecule has 0 bridgehead atoms. The first-order valence-electron chi connectivity index (χ1n) is 9.51. The molecule has 27 heavy (non-hydrogen) atoms. The predicted octanol–water partition coefficient (Wildman–Crippen LogP) is 4.40. The van der Waals surface area contributed by atoms with Gasteiger partial charge in [0.25, 0.3) is 0 Å². The molecule has 1 atom stereocenters. The summed E-state index contributed by atoms with van der Waals surface area (Å²) in [6.45, 7) is 4.11. The molecule has 0 aliphatic carbocycles. The number of hydrogen-bond acceptors (Lipinski definition) is 3. The van der Waals surface area contributed by atoms with Gasteiger partial charge in [-0.05, 0) is 48.4 Å². The number of benzene rings is 2. The third kappa shape index (κ3) is 4.80. The zero-order chi connectivity index (χ0) is 19.2. The van der Waals surface area contributed by atoms with E-state index in [4.69, 9.17) is 9.84 Å². The highest BCUT2D eigenvalue weighted by atomic mass is 16.5. The lowest BCUT2D eigenvalue weighted by Crippen LogP contribution is -2.36. The topological polar surface area (TPSA) is 61.8 Å². The van der Waals surface area contributed by atoms with E-state index in [0.717, 1.165) is 25.1 Å². The number of nitrogens with zero attached hydrogens (tertiary/aromatic N) is 1. The third-order valence-electron chi connectivity index (χ3n) is 5.41. The Labute approximate surface area is 161 Å². The number of nitrogens with one attached hydrogen (secondary N) is 1. The summed E-state index contributed by atoms with van der Waals surface area (Å²) in [5.74, 6) is 1.23. The monoisotopic (exact) mass is 368 g/mol. The van der Waals surface area contributed by atoms with Crippen LogP contribution in [-0.4, -0.2) is 36.3 Å². The van der Waals surface area contributed by atoms with Gasteiger partial charge in [-0.25, -0.2) is 4.79 Å². The molecule has 1 aliphatic rings. The molecule has 1 amide bonds. The van der Waals surface area contributed by atoms with Gasteiger partial charge in [-0.1, -0.05) is 42.5 Å². The molecule has 0 unspecified atom stereocenters. The van der Waals surface area contributed by atoms with Crippen molar-refractivity contribution >= 4 is 6.09 Å². The van der Waals surface area contributed by atoms with Crippen LogP contribution >= 0.6 is 0 Å². The summed E-state index contributed by atoms with van der Waals surface area (Å²) >= 11 is 0. The zero-order valence-electron chi connectivity index (χ0n) is 16.0. The van der Waals surface area contributed by atoms with Crippen LogP contribution in [0.2, 0.25) is 0 Å². The van der Waals surface area contributed by atoms with Gasteiger partial charge in [0.1, 0.15) is 5.75 Å². The molecule has 144 valence electrons. The number of piperidine rings is 1. The van der Waals surface area contributed by atoms with Crippen molar-refractivity contribution in [2.75, 3.05) is 20.2 Å². The van der Waals surface area contributed by atoms with Crippen molar-refractivity contribution in [1.29, 1.82) is 0 Å². The summed E-state index contributed by atoms with van der Waals surface area (Å²) in [5, 5.41) is 12.7. The molecule has 2 aromatic carbocycles. The Balaban J connectivity index is 1.67. The van der Waals surface area contributed by atoms with Crippen molar-refractivity contribution in [3.63, 3.8) is 0 Å². The van der Waals surface area contributed by atoms with E-state index in [9.17, 15) is 4.79 Å². The molecule has 1 fully saturated rings. The second-order valence-electron chi connectivity index (χ2n) is 7.13. The molecule has 2 aromatic rings. The van der Waals surface area contributed by atoms with Gasteiger partial charge in [0.05, 0.1) is 7.11 Å². The zero-order valence-corrected chi connectivity index (χ0v) is 16.0. The van der Waals surface area contributed by atoms with Gasteiger partial charge in [0, 0.05) is 25.7 Å². The van der Waals surface area contributed by atoms with Crippen molar-refractivity contribution in [3.8, 4) is 5.75 Å². The largest absolute Gasteiger partial charge is 0.496 e. The number of carboxylic acid groups (broad SMARTS) is 1. The van der Waals surface area contributed by atoms with E-state index in [-0.39, 0.29) is 6.04 Å². The quantitative estimate of drug-likeness (QED) is 0.793. The average molecular weight is 368 g/mol. The summed E-state index contributed by atoms with van der Waals surface area (Å²) in [7, 11) is 1.70. The highest BCUT2D eigenvalue weighted by molar-refractivity contribution is 5.65. The Morgan fingerprint density at radius 3 is 2.56 bits per heavy atom. The van der Waals surface area contributed by atoms with Crippen molar-refractivity contribution in [2.45, 2.75) is 38.3 Å². The smallest absolute Gasteiger partial charge is 0.407 e. The van der Waals surface area contributed by atoms with Crippen LogP contribution in [0.5, 0.6) is 5.75 Å². The maximum absolute atomic E-state index is 11.1. The van der Waals surface area contributed by atoms with E-state index in [1.807, 2.05) is 12.1 Å². The van der Waals surface area contributed by atoms with Crippen molar-refractivity contribution in [3.05, 3.63) is 65.2 Å². The molecule has 5 nitrogen and oxygen atoms in total. The van der Waals surface area contributed by atoms with Gasteiger partial charge in [0.2, 0.25) is 0 Å². The van der Waals surface area contributed by atoms with Crippen LogP contribution in [0.25, 0.3) is 0 Å². The van der Waals surface area contributed by atoms with Gasteiger partial charge >= 0.3 is 6.09 Å². The van der Waals surface area contributed by atoms with E-state index in [2.05, 4.69) is 48.6 Å². The fourth-order valence-corrected chi connectivity index (χ4v) is 3.73. The maximum atomic E-state index is 11.1. The van der Waals surface area contributed by atoms with E-state index in [1.165, 1.54) is 21.6 Å². The Bertz CT molecular complexity index is 755. The number of ether oxygens (including phenoxy) is 1. The molecule has 0 saturated carbocycles. The van der Waals surface area contributed by atoms with Crippen LogP contribution in [0.15, 0.2) is 48.5 Å². The lowest BCUT2D eigenvalue weighted by molar-refractivity contribution is 0.132.